The van der Waals surface area contributed by atoms with E-state index in [2.05, 4.69) is 4.98 Å². The summed E-state index contributed by atoms with van der Waals surface area (Å²) in [5.41, 5.74) is 6.70. The molecule has 1 aliphatic rings. The zero-order valence-corrected chi connectivity index (χ0v) is 10.8. The van der Waals surface area contributed by atoms with Crippen molar-refractivity contribution in [3.05, 3.63) is 30.6 Å². The standard InChI is InChI=1S/C15H18N2O2/c16-14-4-5-15(13-9-17-7-6-12(13)14)19-10-11-3-1-2-8-18-11/h4-7,9,11H,1-3,8,10,16H2. The minimum Gasteiger partial charge on any atom is -0.490 e. The van der Waals surface area contributed by atoms with Gasteiger partial charge in [-0.15, -0.1) is 0 Å². The number of rotatable bonds is 3. The van der Waals surface area contributed by atoms with Crippen LogP contribution in [-0.2, 0) is 4.74 Å². The number of hydrogen-bond donors (Lipinski definition) is 1. The van der Waals surface area contributed by atoms with Gasteiger partial charge < -0.3 is 15.2 Å². The lowest BCUT2D eigenvalue weighted by Crippen LogP contribution is -2.25. The van der Waals surface area contributed by atoms with Crippen LogP contribution in [0.3, 0.4) is 0 Å². The molecule has 0 amide bonds. The van der Waals surface area contributed by atoms with Crippen molar-refractivity contribution in [1.82, 2.24) is 4.98 Å². The molecule has 1 saturated heterocycles. The van der Waals surface area contributed by atoms with Crippen molar-refractivity contribution >= 4 is 16.5 Å². The van der Waals surface area contributed by atoms with Crippen LogP contribution in [-0.4, -0.2) is 24.3 Å². The summed E-state index contributed by atoms with van der Waals surface area (Å²) in [5, 5.41) is 1.94. The lowest BCUT2D eigenvalue weighted by molar-refractivity contribution is -0.0107. The Morgan fingerprint density at radius 1 is 1.26 bits per heavy atom. The molecule has 1 unspecified atom stereocenters. The van der Waals surface area contributed by atoms with Crippen molar-refractivity contribution in [2.24, 2.45) is 0 Å². The smallest absolute Gasteiger partial charge is 0.128 e. The van der Waals surface area contributed by atoms with Gasteiger partial charge >= 0.3 is 0 Å². The van der Waals surface area contributed by atoms with Gasteiger partial charge in [0, 0.05) is 35.5 Å². The zero-order valence-electron chi connectivity index (χ0n) is 10.8. The second-order valence-electron chi connectivity index (χ2n) is 4.87. The topological polar surface area (TPSA) is 57.4 Å². The second-order valence-corrected chi connectivity index (χ2v) is 4.87. The number of hydrogen-bond acceptors (Lipinski definition) is 4. The molecule has 2 aromatic rings. The van der Waals surface area contributed by atoms with Crippen molar-refractivity contribution < 1.29 is 9.47 Å². The molecule has 1 aromatic carbocycles. The number of nitrogens with zero attached hydrogens (tertiary/aromatic N) is 1. The first-order valence-corrected chi connectivity index (χ1v) is 6.71. The van der Waals surface area contributed by atoms with Gasteiger partial charge in [-0.2, -0.15) is 0 Å². The minimum atomic E-state index is 0.207. The maximum Gasteiger partial charge on any atom is 0.128 e. The Labute approximate surface area is 112 Å². The van der Waals surface area contributed by atoms with E-state index in [1.165, 1.54) is 6.42 Å². The summed E-state index contributed by atoms with van der Waals surface area (Å²) in [7, 11) is 0. The van der Waals surface area contributed by atoms with Gasteiger partial charge in [-0.25, -0.2) is 0 Å². The molecule has 3 rings (SSSR count). The SMILES string of the molecule is Nc1ccc(OCC2CCCCO2)c2cnccc12. The number of fused-ring (bicyclic) bond motifs is 1. The molecule has 19 heavy (non-hydrogen) atoms. The highest BCUT2D eigenvalue weighted by atomic mass is 16.5. The zero-order chi connectivity index (χ0) is 13.1. The van der Waals surface area contributed by atoms with E-state index in [0.29, 0.717) is 6.61 Å². The van der Waals surface area contributed by atoms with Gasteiger partial charge in [0.25, 0.3) is 0 Å². The summed E-state index contributed by atoms with van der Waals surface area (Å²) in [5.74, 6) is 0.825. The first-order valence-electron chi connectivity index (χ1n) is 6.71. The summed E-state index contributed by atoms with van der Waals surface area (Å²) in [6, 6.07) is 5.69. The fourth-order valence-corrected chi connectivity index (χ4v) is 2.43. The van der Waals surface area contributed by atoms with E-state index >= 15 is 0 Å². The van der Waals surface area contributed by atoms with Crippen molar-refractivity contribution in [2.45, 2.75) is 25.4 Å². The first-order chi connectivity index (χ1) is 9.34. The molecule has 4 nitrogen and oxygen atoms in total. The highest BCUT2D eigenvalue weighted by Crippen LogP contribution is 2.29. The summed E-state index contributed by atoms with van der Waals surface area (Å²) >= 11 is 0. The number of ether oxygens (including phenoxy) is 2. The van der Waals surface area contributed by atoms with E-state index in [0.717, 1.165) is 41.7 Å². The molecule has 1 aliphatic heterocycles. The third-order valence-electron chi connectivity index (χ3n) is 3.51. The average Bonchev–Trinajstić information content (AvgIpc) is 2.48. The van der Waals surface area contributed by atoms with Gasteiger partial charge in [-0.05, 0) is 37.5 Å². The molecule has 1 atom stereocenters. The highest BCUT2D eigenvalue weighted by molar-refractivity contribution is 5.96. The van der Waals surface area contributed by atoms with E-state index in [1.54, 1.807) is 12.4 Å². The van der Waals surface area contributed by atoms with Crippen molar-refractivity contribution in [3.63, 3.8) is 0 Å². The third kappa shape index (κ3) is 2.63. The van der Waals surface area contributed by atoms with E-state index < -0.39 is 0 Å². The minimum absolute atomic E-state index is 0.207. The van der Waals surface area contributed by atoms with Crippen LogP contribution < -0.4 is 10.5 Å². The fraction of sp³-hybridized carbons (Fsp3) is 0.400. The molecule has 1 aromatic heterocycles. The highest BCUT2D eigenvalue weighted by Gasteiger charge is 2.15. The number of nitrogens with two attached hydrogens (primary N) is 1. The normalized spacial score (nSPS) is 19.5. The van der Waals surface area contributed by atoms with Gasteiger partial charge in [0.05, 0.1) is 6.10 Å². The van der Waals surface area contributed by atoms with Crippen LogP contribution in [0, 0.1) is 0 Å². The van der Waals surface area contributed by atoms with Crippen LogP contribution in [0.25, 0.3) is 10.8 Å². The van der Waals surface area contributed by atoms with Crippen molar-refractivity contribution in [2.75, 3.05) is 18.9 Å². The number of anilines is 1. The molecule has 0 bridgehead atoms. The Morgan fingerprint density at radius 3 is 3.05 bits per heavy atom. The molecule has 100 valence electrons. The monoisotopic (exact) mass is 258 g/mol. The third-order valence-corrected chi connectivity index (χ3v) is 3.51. The van der Waals surface area contributed by atoms with Crippen LogP contribution in [0.4, 0.5) is 5.69 Å². The lowest BCUT2D eigenvalue weighted by Gasteiger charge is -2.23. The summed E-state index contributed by atoms with van der Waals surface area (Å²) < 4.78 is 11.6. The number of aromatic nitrogens is 1. The van der Waals surface area contributed by atoms with Gasteiger partial charge in [0.2, 0.25) is 0 Å². The Balaban J connectivity index is 1.79. The van der Waals surface area contributed by atoms with E-state index in [9.17, 15) is 0 Å². The maximum absolute atomic E-state index is 5.96. The van der Waals surface area contributed by atoms with E-state index in [-0.39, 0.29) is 6.10 Å². The molecule has 4 heteroatoms. The van der Waals surface area contributed by atoms with Crippen molar-refractivity contribution in [3.8, 4) is 5.75 Å². The molecule has 1 fully saturated rings. The fourth-order valence-electron chi connectivity index (χ4n) is 2.43. The van der Waals surface area contributed by atoms with Gasteiger partial charge in [0.1, 0.15) is 12.4 Å². The van der Waals surface area contributed by atoms with E-state index in [4.69, 9.17) is 15.2 Å². The summed E-state index contributed by atoms with van der Waals surface area (Å²) in [6.45, 7) is 1.44. The number of pyridine rings is 1. The molecule has 0 radical (unpaired) electrons. The molecule has 2 heterocycles. The van der Waals surface area contributed by atoms with Crippen LogP contribution in [0.15, 0.2) is 30.6 Å². The molecule has 0 aliphatic carbocycles. The van der Waals surface area contributed by atoms with Gasteiger partial charge in [0.15, 0.2) is 0 Å². The number of benzene rings is 1. The van der Waals surface area contributed by atoms with Crippen molar-refractivity contribution in [1.29, 1.82) is 0 Å². The van der Waals surface area contributed by atoms with Crippen LogP contribution in [0.5, 0.6) is 5.75 Å². The average molecular weight is 258 g/mol. The molecular weight excluding hydrogens is 240 g/mol. The quantitative estimate of drug-likeness (QED) is 0.860. The van der Waals surface area contributed by atoms with Crippen LogP contribution in [0.2, 0.25) is 0 Å². The predicted octanol–water partition coefficient (Wildman–Crippen LogP) is 2.76. The molecule has 0 saturated carbocycles. The largest absolute Gasteiger partial charge is 0.490 e. The number of nitrogen functional groups attached to an aromatic ring is 1. The Kier molecular flexibility index (Phi) is 3.51. The van der Waals surface area contributed by atoms with E-state index in [1.807, 2.05) is 18.2 Å². The van der Waals surface area contributed by atoms with Crippen LogP contribution in [0.1, 0.15) is 19.3 Å². The lowest BCUT2D eigenvalue weighted by atomic mass is 10.1. The Morgan fingerprint density at radius 2 is 2.21 bits per heavy atom. The van der Waals surface area contributed by atoms with Crippen LogP contribution >= 0.6 is 0 Å². The Bertz CT molecular complexity index is 565. The predicted molar refractivity (Wildman–Crippen MR) is 75.2 cm³/mol. The Hall–Kier alpha value is -1.81. The second kappa shape index (κ2) is 5.45. The summed E-state index contributed by atoms with van der Waals surface area (Å²) in [6.07, 6.45) is 7.20. The molecular formula is C15H18N2O2. The summed E-state index contributed by atoms with van der Waals surface area (Å²) in [4.78, 5) is 4.14. The maximum atomic E-state index is 5.96. The van der Waals surface area contributed by atoms with Gasteiger partial charge in [-0.1, -0.05) is 0 Å². The first kappa shape index (κ1) is 12.2. The van der Waals surface area contributed by atoms with Gasteiger partial charge in [-0.3, -0.25) is 4.98 Å². The molecule has 2 N–H and O–H groups in total. The molecule has 0 spiro atoms.